The van der Waals surface area contributed by atoms with Gasteiger partial charge in [0.05, 0.1) is 27.1 Å². The lowest BCUT2D eigenvalue weighted by molar-refractivity contribution is -0.864. The van der Waals surface area contributed by atoms with Gasteiger partial charge >= 0.3 is 5.97 Å². The van der Waals surface area contributed by atoms with Gasteiger partial charge in [0, 0.05) is 0 Å². The summed E-state index contributed by atoms with van der Waals surface area (Å²) in [6.45, 7) is 2.34. The predicted molar refractivity (Wildman–Crippen MR) is 137 cm³/mol. The molecule has 1 N–H and O–H groups in total. The SMILES string of the molecule is CCCCCCCC/C=C\CCCCCCCCC(C(=O)O)N(C)C.C[N+](C)(C)CC(=O)[O-]. The molecule has 0 heterocycles. The van der Waals surface area contributed by atoms with E-state index in [2.05, 4.69) is 19.1 Å². The number of aliphatic carboxylic acids is 2. The quantitative estimate of drug-likeness (QED) is 0.156. The molecule has 0 saturated carbocycles. The fraction of sp³-hybridized carbons (Fsp3) is 0.852. The Bertz CT molecular complexity index is 499. The highest BCUT2D eigenvalue weighted by Crippen LogP contribution is 2.12. The average Bonchev–Trinajstić information content (AvgIpc) is 2.68. The molecule has 0 fully saturated rings. The highest BCUT2D eigenvalue weighted by molar-refractivity contribution is 5.73. The number of rotatable bonds is 20. The van der Waals surface area contributed by atoms with E-state index >= 15 is 0 Å². The zero-order valence-electron chi connectivity index (χ0n) is 22.6. The van der Waals surface area contributed by atoms with Crippen LogP contribution in [0.4, 0.5) is 0 Å². The molecule has 1 unspecified atom stereocenters. The van der Waals surface area contributed by atoms with Crippen LogP contribution in [0.25, 0.3) is 0 Å². The molecule has 0 aromatic rings. The van der Waals surface area contributed by atoms with E-state index in [0.29, 0.717) is 4.48 Å². The average molecular weight is 471 g/mol. The first-order valence-corrected chi connectivity index (χ1v) is 13.1. The van der Waals surface area contributed by atoms with Crippen molar-refractivity contribution in [3.8, 4) is 0 Å². The zero-order chi connectivity index (χ0) is 25.5. The lowest BCUT2D eigenvalue weighted by Gasteiger charge is -2.23. The van der Waals surface area contributed by atoms with Gasteiger partial charge in [-0.15, -0.1) is 0 Å². The highest BCUT2D eigenvalue weighted by atomic mass is 16.4. The van der Waals surface area contributed by atoms with Gasteiger partial charge < -0.3 is 19.5 Å². The van der Waals surface area contributed by atoms with Gasteiger partial charge in [0.15, 0.2) is 0 Å². The maximum Gasteiger partial charge on any atom is 0.320 e. The predicted octanol–water partition coefficient (Wildman–Crippen LogP) is 4.87. The number of likely N-dealkylation sites (N-methyl/N-ethyl adjacent to an activating group) is 2. The summed E-state index contributed by atoms with van der Waals surface area (Å²) < 4.78 is 0.419. The Labute approximate surface area is 204 Å². The van der Waals surface area contributed by atoms with Gasteiger partial charge in [0.2, 0.25) is 0 Å². The van der Waals surface area contributed by atoms with Crippen molar-refractivity contribution in [2.24, 2.45) is 0 Å². The van der Waals surface area contributed by atoms with Gasteiger partial charge in [-0.05, 0) is 46.2 Å². The molecule has 0 saturated heterocycles. The number of carbonyl (C=O) groups is 2. The van der Waals surface area contributed by atoms with E-state index in [4.69, 9.17) is 5.11 Å². The minimum Gasteiger partial charge on any atom is -0.544 e. The second-order valence-corrected chi connectivity index (χ2v) is 10.4. The third-order valence-corrected chi connectivity index (χ3v) is 5.50. The second kappa shape index (κ2) is 22.4. The van der Waals surface area contributed by atoms with Crippen LogP contribution in [-0.4, -0.2) is 74.3 Å². The maximum atomic E-state index is 11.1. The zero-order valence-corrected chi connectivity index (χ0v) is 22.6. The first kappa shape index (κ1) is 33.8. The number of unbranched alkanes of at least 4 members (excludes halogenated alkanes) is 12. The number of hydrogen-bond donors (Lipinski definition) is 1. The van der Waals surface area contributed by atoms with Crippen LogP contribution in [0.3, 0.4) is 0 Å². The van der Waals surface area contributed by atoms with Crippen LogP contribution in [0.1, 0.15) is 103 Å². The summed E-state index contributed by atoms with van der Waals surface area (Å²) in [6.07, 6.45) is 23.5. The molecule has 1 atom stereocenters. The van der Waals surface area contributed by atoms with Crippen molar-refractivity contribution in [3.05, 3.63) is 12.2 Å². The van der Waals surface area contributed by atoms with Crippen molar-refractivity contribution < 1.29 is 24.3 Å². The van der Waals surface area contributed by atoms with Crippen molar-refractivity contribution in [3.63, 3.8) is 0 Å². The number of nitrogens with zero attached hydrogens (tertiary/aromatic N) is 2. The van der Waals surface area contributed by atoms with E-state index in [1.807, 2.05) is 14.1 Å². The Kier molecular flexibility index (Phi) is 22.9. The van der Waals surface area contributed by atoms with Gasteiger partial charge in [-0.3, -0.25) is 9.69 Å². The standard InChI is InChI=1S/C22H43NO2.C5H11NO2/c1-4-5-6-7-8-9-10-11-12-13-14-15-16-17-18-19-20-21(22(24)25)23(2)3;1-6(2,3)4-5(7)8/h11-12,21H,4-10,13-20H2,1-3H3,(H,24,25);4H2,1-3H3/b12-11-;. The van der Waals surface area contributed by atoms with Crippen molar-refractivity contribution in [1.29, 1.82) is 0 Å². The van der Waals surface area contributed by atoms with Crippen molar-refractivity contribution in [2.45, 2.75) is 109 Å². The molecular formula is C27H54N2O4. The van der Waals surface area contributed by atoms with E-state index in [1.54, 1.807) is 26.0 Å². The van der Waals surface area contributed by atoms with Gasteiger partial charge in [0.25, 0.3) is 0 Å². The topological polar surface area (TPSA) is 80.7 Å². The summed E-state index contributed by atoms with van der Waals surface area (Å²) in [5, 5.41) is 19.0. The molecule has 6 heteroatoms. The van der Waals surface area contributed by atoms with E-state index in [1.165, 1.54) is 77.0 Å². The van der Waals surface area contributed by atoms with Crippen LogP contribution in [0.2, 0.25) is 0 Å². The number of quaternary nitrogens is 1. The van der Waals surface area contributed by atoms with Crippen molar-refractivity contribution in [2.75, 3.05) is 41.8 Å². The molecular weight excluding hydrogens is 416 g/mol. The summed E-state index contributed by atoms with van der Waals surface area (Å²) >= 11 is 0. The summed E-state index contributed by atoms with van der Waals surface area (Å²) in [7, 11) is 9.10. The van der Waals surface area contributed by atoms with Crippen molar-refractivity contribution >= 4 is 11.9 Å². The summed E-state index contributed by atoms with van der Waals surface area (Å²) in [4.78, 5) is 22.8. The fourth-order valence-corrected chi connectivity index (χ4v) is 3.58. The molecule has 0 aliphatic carbocycles. The third-order valence-electron chi connectivity index (χ3n) is 5.50. The number of carboxylic acid groups (broad SMARTS) is 2. The minimum absolute atomic E-state index is 0.0694. The molecule has 0 aromatic heterocycles. The van der Waals surface area contributed by atoms with E-state index in [0.717, 1.165) is 19.3 Å². The van der Waals surface area contributed by atoms with Crippen LogP contribution in [0.15, 0.2) is 12.2 Å². The Morgan fingerprint density at radius 1 is 0.818 bits per heavy atom. The smallest absolute Gasteiger partial charge is 0.320 e. The lowest BCUT2D eigenvalue weighted by Crippen LogP contribution is -2.45. The number of carboxylic acids is 2. The Morgan fingerprint density at radius 3 is 1.58 bits per heavy atom. The van der Waals surface area contributed by atoms with Crippen LogP contribution in [-0.2, 0) is 9.59 Å². The molecule has 0 aliphatic rings. The molecule has 0 aliphatic heterocycles. The maximum absolute atomic E-state index is 11.1. The van der Waals surface area contributed by atoms with Gasteiger partial charge in [0.1, 0.15) is 12.6 Å². The second-order valence-electron chi connectivity index (χ2n) is 10.4. The van der Waals surface area contributed by atoms with E-state index in [-0.39, 0.29) is 12.6 Å². The number of hydrogen-bond acceptors (Lipinski definition) is 4. The summed E-state index contributed by atoms with van der Waals surface area (Å²) in [5.41, 5.74) is 0. The summed E-state index contributed by atoms with van der Waals surface area (Å²) in [6, 6.07) is -0.322. The van der Waals surface area contributed by atoms with Crippen LogP contribution >= 0.6 is 0 Å². The molecule has 0 bridgehead atoms. The molecule has 0 amide bonds. The van der Waals surface area contributed by atoms with Gasteiger partial charge in [-0.1, -0.05) is 83.3 Å². The van der Waals surface area contributed by atoms with Crippen LogP contribution in [0.5, 0.6) is 0 Å². The molecule has 0 rings (SSSR count). The van der Waals surface area contributed by atoms with E-state index < -0.39 is 11.9 Å². The Balaban J connectivity index is 0. The first-order chi connectivity index (χ1) is 15.5. The first-order valence-electron chi connectivity index (χ1n) is 13.1. The molecule has 0 radical (unpaired) electrons. The number of allylic oxidation sites excluding steroid dienone is 2. The lowest BCUT2D eigenvalue weighted by atomic mass is 10.0. The molecule has 6 nitrogen and oxygen atoms in total. The number of carbonyl (C=O) groups excluding carboxylic acids is 1. The monoisotopic (exact) mass is 470 g/mol. The van der Waals surface area contributed by atoms with Gasteiger partial charge in [-0.2, -0.15) is 0 Å². The van der Waals surface area contributed by atoms with Gasteiger partial charge in [-0.25, -0.2) is 0 Å². The molecule has 0 aromatic carbocycles. The van der Waals surface area contributed by atoms with Crippen LogP contribution in [0, 0.1) is 0 Å². The summed E-state index contributed by atoms with van der Waals surface area (Å²) in [5.74, 6) is -1.70. The minimum atomic E-state index is -1.00. The van der Waals surface area contributed by atoms with E-state index in [9.17, 15) is 14.7 Å². The Hall–Kier alpha value is -1.40. The third kappa shape index (κ3) is 28.6. The molecule has 33 heavy (non-hydrogen) atoms. The molecule has 0 spiro atoms. The van der Waals surface area contributed by atoms with Crippen LogP contribution < -0.4 is 5.11 Å². The normalized spacial score (nSPS) is 12.6. The van der Waals surface area contributed by atoms with Crippen molar-refractivity contribution in [1.82, 2.24) is 4.90 Å². The largest absolute Gasteiger partial charge is 0.544 e. The fourth-order valence-electron chi connectivity index (χ4n) is 3.58. The highest BCUT2D eigenvalue weighted by Gasteiger charge is 2.18. The molecule has 196 valence electrons. The Morgan fingerprint density at radius 2 is 1.24 bits per heavy atom.